The number of sulfone groups is 1. The molecule has 0 spiro atoms. The molecule has 9 heteroatoms. The van der Waals surface area contributed by atoms with Crippen LogP contribution in [-0.4, -0.2) is 77.8 Å². The van der Waals surface area contributed by atoms with Crippen LogP contribution < -0.4 is 0 Å². The molecule has 134 valence electrons. The molecule has 3 saturated heterocycles. The van der Waals surface area contributed by atoms with Crippen LogP contribution in [0.4, 0.5) is 0 Å². The smallest absolute Gasteiger partial charge is 0.326 e. The van der Waals surface area contributed by atoms with Crippen LogP contribution in [0.5, 0.6) is 0 Å². The predicted octanol–water partition coefficient (Wildman–Crippen LogP) is -0.512. The number of rotatable bonds is 3. The number of hydrogen-bond acceptors (Lipinski definition) is 5. The molecule has 0 aliphatic carbocycles. The highest BCUT2D eigenvalue weighted by atomic mass is 32.2. The van der Waals surface area contributed by atoms with Crippen LogP contribution in [0.25, 0.3) is 0 Å². The van der Waals surface area contributed by atoms with Gasteiger partial charge in [-0.1, -0.05) is 0 Å². The molecule has 0 saturated carbocycles. The van der Waals surface area contributed by atoms with E-state index >= 15 is 0 Å². The zero-order valence-corrected chi connectivity index (χ0v) is 14.2. The van der Waals surface area contributed by atoms with Crippen molar-refractivity contribution in [2.24, 2.45) is 5.92 Å². The van der Waals surface area contributed by atoms with Crippen LogP contribution in [0.3, 0.4) is 0 Å². The molecule has 3 rings (SSSR count). The minimum absolute atomic E-state index is 0.0399. The Morgan fingerprint density at radius 2 is 1.92 bits per heavy atom. The number of likely N-dealkylation sites (tertiary alicyclic amines) is 2. The Morgan fingerprint density at radius 1 is 1.17 bits per heavy atom. The van der Waals surface area contributed by atoms with Crippen LogP contribution in [0.2, 0.25) is 0 Å². The van der Waals surface area contributed by atoms with E-state index in [1.54, 1.807) is 0 Å². The second-order valence-corrected chi connectivity index (χ2v) is 9.11. The lowest BCUT2D eigenvalue weighted by atomic mass is 9.98. The maximum atomic E-state index is 12.7. The summed E-state index contributed by atoms with van der Waals surface area (Å²) in [6, 6.07) is -1.17. The van der Waals surface area contributed by atoms with Gasteiger partial charge in [0.25, 0.3) is 0 Å². The minimum Gasteiger partial charge on any atom is -0.480 e. The minimum atomic E-state index is -3.10. The standard InChI is InChI=1S/C15H22N2O6S/c18-13-7-10(8-17(13)11-4-6-24(22,23)9-11)14(19)16-5-2-1-3-12(16)15(20)21/h10-12H,1-9H2,(H,20,21). The van der Waals surface area contributed by atoms with Crippen LogP contribution in [0.15, 0.2) is 0 Å². The van der Waals surface area contributed by atoms with Crippen molar-refractivity contribution in [1.82, 2.24) is 9.80 Å². The number of aliphatic carboxylic acids is 1. The van der Waals surface area contributed by atoms with E-state index in [-0.39, 0.29) is 42.3 Å². The number of nitrogens with zero attached hydrogens (tertiary/aromatic N) is 2. The third-order valence-corrected chi connectivity index (χ3v) is 6.98. The molecular weight excluding hydrogens is 336 g/mol. The molecule has 0 aromatic rings. The summed E-state index contributed by atoms with van der Waals surface area (Å²) in [7, 11) is -3.10. The fourth-order valence-electron chi connectivity index (χ4n) is 3.96. The van der Waals surface area contributed by atoms with Gasteiger partial charge in [0.15, 0.2) is 9.84 Å². The van der Waals surface area contributed by atoms with Crippen LogP contribution in [0, 0.1) is 5.92 Å². The molecule has 8 nitrogen and oxygen atoms in total. The Balaban J connectivity index is 1.68. The van der Waals surface area contributed by atoms with E-state index in [4.69, 9.17) is 0 Å². The van der Waals surface area contributed by atoms with E-state index in [0.29, 0.717) is 19.4 Å². The normalized spacial score (nSPS) is 33.0. The first-order chi connectivity index (χ1) is 11.3. The zero-order valence-electron chi connectivity index (χ0n) is 13.4. The highest BCUT2D eigenvalue weighted by molar-refractivity contribution is 7.91. The summed E-state index contributed by atoms with van der Waals surface area (Å²) in [5.41, 5.74) is 0. The van der Waals surface area contributed by atoms with E-state index in [1.165, 1.54) is 9.80 Å². The lowest BCUT2D eigenvalue weighted by molar-refractivity contribution is -0.153. The summed E-state index contributed by atoms with van der Waals surface area (Å²) in [6.07, 6.45) is 2.43. The molecule has 0 radical (unpaired) electrons. The summed E-state index contributed by atoms with van der Waals surface area (Å²) in [5, 5.41) is 9.30. The number of carbonyl (C=O) groups excluding carboxylic acids is 2. The third kappa shape index (κ3) is 3.26. The first-order valence-electron chi connectivity index (χ1n) is 8.31. The SMILES string of the molecule is O=C(O)C1CCCCN1C(=O)C1CC(=O)N(C2CCS(=O)(=O)C2)C1. The highest BCUT2D eigenvalue weighted by Crippen LogP contribution is 2.29. The van der Waals surface area contributed by atoms with Crippen molar-refractivity contribution in [3.63, 3.8) is 0 Å². The third-order valence-electron chi connectivity index (χ3n) is 5.23. The quantitative estimate of drug-likeness (QED) is 0.727. The first kappa shape index (κ1) is 17.2. The van der Waals surface area contributed by atoms with Crippen molar-refractivity contribution in [2.75, 3.05) is 24.6 Å². The summed E-state index contributed by atoms with van der Waals surface area (Å²) < 4.78 is 23.2. The largest absolute Gasteiger partial charge is 0.480 e. The van der Waals surface area contributed by atoms with Crippen molar-refractivity contribution in [2.45, 2.75) is 44.2 Å². The lowest BCUT2D eigenvalue weighted by Crippen LogP contribution is -2.50. The van der Waals surface area contributed by atoms with Gasteiger partial charge in [0, 0.05) is 25.6 Å². The van der Waals surface area contributed by atoms with Crippen LogP contribution in [-0.2, 0) is 24.2 Å². The Labute approximate surface area is 140 Å². The van der Waals surface area contributed by atoms with E-state index in [1.807, 2.05) is 0 Å². The average molecular weight is 358 g/mol. The van der Waals surface area contributed by atoms with Gasteiger partial charge < -0.3 is 14.9 Å². The Morgan fingerprint density at radius 3 is 2.54 bits per heavy atom. The molecule has 3 unspecified atom stereocenters. The van der Waals surface area contributed by atoms with Gasteiger partial charge in [0.1, 0.15) is 6.04 Å². The summed E-state index contributed by atoms with van der Waals surface area (Å²) in [5.74, 6) is -2.04. The van der Waals surface area contributed by atoms with Gasteiger partial charge in [-0.2, -0.15) is 0 Å². The second kappa shape index (κ2) is 6.34. The van der Waals surface area contributed by atoms with Crippen molar-refractivity contribution < 1.29 is 27.9 Å². The van der Waals surface area contributed by atoms with Gasteiger partial charge in [-0.25, -0.2) is 13.2 Å². The lowest BCUT2D eigenvalue weighted by Gasteiger charge is -2.34. The van der Waals surface area contributed by atoms with Gasteiger partial charge in [0.05, 0.1) is 17.4 Å². The van der Waals surface area contributed by atoms with Crippen LogP contribution >= 0.6 is 0 Å². The molecule has 24 heavy (non-hydrogen) atoms. The zero-order chi connectivity index (χ0) is 17.5. The van der Waals surface area contributed by atoms with E-state index in [2.05, 4.69) is 0 Å². The molecule has 0 bridgehead atoms. The second-order valence-electron chi connectivity index (χ2n) is 6.89. The molecule has 2 amide bonds. The number of carboxylic acids is 1. The molecular formula is C15H22N2O6S. The molecule has 0 aromatic carbocycles. The van der Waals surface area contributed by atoms with Gasteiger partial charge in [-0.15, -0.1) is 0 Å². The molecule has 3 heterocycles. The molecule has 3 aliphatic heterocycles. The number of amides is 2. The number of piperidine rings is 1. The Kier molecular flexibility index (Phi) is 4.54. The summed E-state index contributed by atoms with van der Waals surface area (Å²) in [6.45, 7) is 0.596. The van der Waals surface area contributed by atoms with Crippen LogP contribution in [0.1, 0.15) is 32.1 Å². The topological polar surface area (TPSA) is 112 Å². The first-order valence-corrected chi connectivity index (χ1v) is 10.1. The summed E-state index contributed by atoms with van der Waals surface area (Å²) >= 11 is 0. The predicted molar refractivity (Wildman–Crippen MR) is 83.9 cm³/mol. The van der Waals surface area contributed by atoms with Gasteiger partial charge in [0.2, 0.25) is 11.8 Å². The van der Waals surface area contributed by atoms with Crippen molar-refractivity contribution >= 4 is 27.6 Å². The molecule has 3 aliphatic rings. The van der Waals surface area contributed by atoms with Crippen molar-refractivity contribution in [1.29, 1.82) is 0 Å². The van der Waals surface area contributed by atoms with E-state index < -0.39 is 27.8 Å². The molecule has 3 fully saturated rings. The number of carboxylic acid groups (broad SMARTS) is 1. The monoisotopic (exact) mass is 358 g/mol. The fourth-order valence-corrected chi connectivity index (χ4v) is 5.69. The Hall–Kier alpha value is -1.64. The number of hydrogen-bond donors (Lipinski definition) is 1. The van der Waals surface area contributed by atoms with Crippen molar-refractivity contribution in [3.05, 3.63) is 0 Å². The fraction of sp³-hybridized carbons (Fsp3) is 0.800. The molecule has 1 N–H and O–H groups in total. The number of carbonyl (C=O) groups is 3. The van der Waals surface area contributed by atoms with Gasteiger partial charge in [-0.05, 0) is 25.7 Å². The van der Waals surface area contributed by atoms with Gasteiger partial charge >= 0.3 is 5.97 Å². The maximum absolute atomic E-state index is 12.7. The van der Waals surface area contributed by atoms with E-state index in [9.17, 15) is 27.9 Å². The summed E-state index contributed by atoms with van der Waals surface area (Å²) in [4.78, 5) is 39.2. The maximum Gasteiger partial charge on any atom is 0.326 e. The Bertz CT molecular complexity index is 661. The molecule has 0 aromatic heterocycles. The van der Waals surface area contributed by atoms with Crippen molar-refractivity contribution in [3.8, 4) is 0 Å². The molecule has 3 atom stereocenters. The average Bonchev–Trinajstić information content (AvgIpc) is 3.08. The van der Waals surface area contributed by atoms with Gasteiger partial charge in [-0.3, -0.25) is 9.59 Å². The van der Waals surface area contributed by atoms with E-state index in [0.717, 1.165) is 12.8 Å². The highest BCUT2D eigenvalue weighted by Gasteiger charge is 2.44.